The van der Waals surface area contributed by atoms with Gasteiger partial charge in [-0.25, -0.2) is 14.4 Å². The Morgan fingerprint density at radius 2 is 1.15 bits per heavy atom. The number of rotatable bonds is 16. The van der Waals surface area contributed by atoms with Gasteiger partial charge >= 0.3 is 30.3 Å². The number of carbonyl (C=O) groups excluding carboxylic acids is 1. The fraction of sp³-hybridized carbons (Fsp3) is 0.182. The van der Waals surface area contributed by atoms with Crippen LogP contribution in [0.25, 0.3) is 0 Å². The van der Waals surface area contributed by atoms with Crippen molar-refractivity contribution in [2.24, 2.45) is 5.92 Å². The topological polar surface area (TPSA) is 224 Å². The molecule has 4 rings (SSSR count). The van der Waals surface area contributed by atoms with Gasteiger partial charge in [0.2, 0.25) is 0 Å². The second kappa shape index (κ2) is 16.8. The van der Waals surface area contributed by atoms with Crippen LogP contribution in [0.15, 0.2) is 84.9 Å². The van der Waals surface area contributed by atoms with Gasteiger partial charge in [-0.1, -0.05) is 0 Å². The highest BCUT2D eigenvalue weighted by Crippen LogP contribution is 2.43. The van der Waals surface area contributed by atoms with E-state index in [2.05, 4.69) is 0 Å². The van der Waals surface area contributed by atoms with E-state index in [9.17, 15) is 71.2 Å². The number of halogens is 6. The average Bonchev–Trinajstić information content (AvgIpc) is 3.10. The predicted molar refractivity (Wildman–Crippen MR) is 169 cm³/mol. The summed E-state index contributed by atoms with van der Waals surface area (Å²) in [6.07, 6.45) is -14.5. The number of nitrogens with zero attached hydrogens (tertiary/aromatic N) is 2. The lowest BCUT2D eigenvalue weighted by Gasteiger charge is -2.31. The van der Waals surface area contributed by atoms with Gasteiger partial charge < -0.3 is 29.3 Å². The third-order valence-corrected chi connectivity index (χ3v) is 7.20. The van der Waals surface area contributed by atoms with Crippen LogP contribution >= 0.6 is 0 Å². The van der Waals surface area contributed by atoms with Gasteiger partial charge in [0.15, 0.2) is 17.8 Å². The van der Waals surface area contributed by atoms with Crippen LogP contribution in [0.5, 0.6) is 23.0 Å². The molecule has 4 aromatic carbocycles. The minimum absolute atomic E-state index is 0.152. The van der Waals surface area contributed by atoms with Crippen LogP contribution in [-0.2, 0) is 11.5 Å². The number of ether oxygens (including phenoxy) is 3. The van der Waals surface area contributed by atoms with Crippen molar-refractivity contribution < 1.29 is 84.8 Å². The molecule has 0 aliphatic rings. The van der Waals surface area contributed by atoms with E-state index in [-0.39, 0.29) is 28.4 Å². The highest BCUT2D eigenvalue weighted by molar-refractivity contribution is 6.03. The van der Waals surface area contributed by atoms with E-state index >= 15 is 0 Å². The monoisotopic (exact) mass is 784 g/mol. The van der Waals surface area contributed by atoms with Gasteiger partial charge in [0.05, 0.1) is 26.5 Å². The van der Waals surface area contributed by atoms with Gasteiger partial charge in [-0.2, -0.15) is 31.2 Å². The Kier molecular flexibility index (Phi) is 12.5. The number of esters is 1. The molecule has 0 fully saturated rings. The molecule has 55 heavy (non-hydrogen) atoms. The van der Waals surface area contributed by atoms with E-state index in [0.29, 0.717) is 6.07 Å². The molecule has 0 aromatic heterocycles. The van der Waals surface area contributed by atoms with Gasteiger partial charge in [0.1, 0.15) is 30.5 Å². The summed E-state index contributed by atoms with van der Waals surface area (Å²) in [4.78, 5) is 65.9. The van der Waals surface area contributed by atoms with E-state index in [1.165, 1.54) is 0 Å². The molecule has 0 bridgehead atoms. The second-order valence-electron chi connectivity index (χ2n) is 10.9. The Morgan fingerprint density at radius 1 is 0.655 bits per heavy atom. The van der Waals surface area contributed by atoms with Crippen LogP contribution in [0.2, 0.25) is 0 Å². The number of carboxylic acids is 2. The molecule has 1 unspecified atom stereocenters. The quantitative estimate of drug-likeness (QED) is 0.0286. The third-order valence-electron chi connectivity index (χ3n) is 7.20. The summed E-state index contributed by atoms with van der Waals surface area (Å²) in [7, 11) is 0. The van der Waals surface area contributed by atoms with Crippen LogP contribution in [0, 0.1) is 26.1 Å². The Bertz CT molecular complexity index is 2060. The molecule has 0 saturated carbocycles. The molecular formula is C33H22F6N2O14. The van der Waals surface area contributed by atoms with E-state index in [1.54, 1.807) is 0 Å². The molecule has 0 aliphatic carbocycles. The first kappa shape index (κ1) is 40.8. The normalized spacial score (nSPS) is 12.1. The van der Waals surface area contributed by atoms with E-state index in [4.69, 9.17) is 24.0 Å². The van der Waals surface area contributed by atoms with Crippen molar-refractivity contribution in [1.82, 2.24) is 0 Å². The van der Waals surface area contributed by atoms with Crippen LogP contribution < -0.4 is 19.1 Å². The molecule has 16 nitrogen and oxygen atoms in total. The number of non-ortho nitro benzene ring substituents is 2. The first-order valence-electron chi connectivity index (χ1n) is 14.9. The SMILES string of the molecule is O=C(O)c1ccc([N+](=O)[O-])cc1COOc1ccc(OC(COc2ccc(OC(=O)c3cc([N+](=O)[O-])ccc3C(=O)O)cc2)C(C(F)(F)F)C(F)(F)F)cc1. The second-order valence-corrected chi connectivity index (χ2v) is 10.9. The number of hydrogen-bond donors (Lipinski definition) is 2. The van der Waals surface area contributed by atoms with Crippen molar-refractivity contribution in [3.63, 3.8) is 0 Å². The van der Waals surface area contributed by atoms with Gasteiger partial charge in [0, 0.05) is 29.8 Å². The summed E-state index contributed by atoms with van der Waals surface area (Å²) in [5.74, 6) is -9.77. The van der Waals surface area contributed by atoms with Crippen molar-refractivity contribution in [2.75, 3.05) is 6.61 Å². The zero-order chi connectivity index (χ0) is 40.7. The number of aromatic carboxylic acids is 2. The summed E-state index contributed by atoms with van der Waals surface area (Å²) < 4.78 is 97.8. The Balaban J connectivity index is 1.46. The number of carbonyl (C=O) groups is 3. The van der Waals surface area contributed by atoms with Gasteiger partial charge in [-0.05, 0) is 60.7 Å². The molecule has 2 N–H and O–H groups in total. The Morgan fingerprint density at radius 3 is 1.67 bits per heavy atom. The van der Waals surface area contributed by atoms with E-state index < -0.39 is 93.6 Å². The fourth-order valence-electron chi connectivity index (χ4n) is 4.68. The smallest absolute Gasteiger partial charge is 0.404 e. The first-order chi connectivity index (χ1) is 25.7. The highest BCUT2D eigenvalue weighted by atomic mass is 19.4. The lowest BCUT2D eigenvalue weighted by Crippen LogP contribution is -2.49. The standard InChI is InChI=1S/C33H22F6N2O14/c34-32(35,36)28(33(37,38)39)27(53-21-7-9-23(10-8-21)55-52-15-17-13-18(40(47)48)1-11-24(17)29(42)43)16-51-20-3-5-22(6-4-20)54-31(46)26-14-19(41(49)50)2-12-25(26)30(44)45/h1-14,27-28H,15-16H2,(H,42,43)(H,44,45). The van der Waals surface area contributed by atoms with Gasteiger partial charge in [-0.15, -0.1) is 0 Å². The number of hydrogen-bond acceptors (Lipinski definition) is 12. The lowest BCUT2D eigenvalue weighted by molar-refractivity contribution is -0.385. The lowest BCUT2D eigenvalue weighted by atomic mass is 10.0. The maximum absolute atomic E-state index is 13.8. The number of nitro benzene ring substituents is 2. The van der Waals surface area contributed by atoms with Gasteiger partial charge in [-0.3, -0.25) is 20.2 Å². The summed E-state index contributed by atoms with van der Waals surface area (Å²) in [6, 6.07) is 13.0. The molecule has 1 atom stereocenters. The summed E-state index contributed by atoms with van der Waals surface area (Å²) >= 11 is 0. The summed E-state index contributed by atoms with van der Waals surface area (Å²) in [5, 5.41) is 40.7. The fourth-order valence-corrected chi connectivity index (χ4v) is 4.68. The first-order valence-corrected chi connectivity index (χ1v) is 14.9. The minimum atomic E-state index is -5.87. The zero-order valence-corrected chi connectivity index (χ0v) is 27.1. The molecule has 0 saturated heterocycles. The molecule has 4 aromatic rings. The third kappa shape index (κ3) is 10.8. The molecule has 0 spiro atoms. The van der Waals surface area contributed by atoms with Crippen molar-refractivity contribution in [3.8, 4) is 23.0 Å². The predicted octanol–water partition coefficient (Wildman–Crippen LogP) is 7.20. The van der Waals surface area contributed by atoms with Crippen molar-refractivity contribution in [1.29, 1.82) is 0 Å². The van der Waals surface area contributed by atoms with E-state index in [1.807, 2.05) is 0 Å². The largest absolute Gasteiger partial charge is 0.490 e. The molecule has 0 radical (unpaired) electrons. The number of benzene rings is 4. The maximum atomic E-state index is 13.8. The van der Waals surface area contributed by atoms with Crippen LogP contribution in [0.4, 0.5) is 37.7 Å². The molecule has 290 valence electrons. The van der Waals surface area contributed by atoms with Crippen LogP contribution in [0.1, 0.15) is 36.6 Å². The van der Waals surface area contributed by atoms with E-state index in [0.717, 1.165) is 78.9 Å². The number of carboxylic acid groups (broad SMARTS) is 2. The summed E-state index contributed by atoms with van der Waals surface area (Å²) in [5.41, 5.74) is -2.89. The molecule has 22 heteroatoms. The van der Waals surface area contributed by atoms with Crippen molar-refractivity contribution in [2.45, 2.75) is 25.1 Å². The van der Waals surface area contributed by atoms with Crippen molar-refractivity contribution >= 4 is 29.3 Å². The maximum Gasteiger partial charge on any atom is 0.404 e. The Hall–Kier alpha value is -6.97. The van der Waals surface area contributed by atoms with Gasteiger partial charge in [0.25, 0.3) is 11.4 Å². The Labute approximate surface area is 302 Å². The van der Waals surface area contributed by atoms with Crippen molar-refractivity contribution in [3.05, 3.63) is 127 Å². The zero-order valence-electron chi connectivity index (χ0n) is 27.1. The van der Waals surface area contributed by atoms with Crippen LogP contribution in [-0.4, -0.2) is 63.0 Å². The average molecular weight is 785 g/mol. The minimum Gasteiger partial charge on any atom is -0.490 e. The number of nitro groups is 2. The van der Waals surface area contributed by atoms with Crippen LogP contribution in [0.3, 0.4) is 0 Å². The highest BCUT2D eigenvalue weighted by Gasteiger charge is 2.61. The molecular weight excluding hydrogens is 762 g/mol. The summed E-state index contributed by atoms with van der Waals surface area (Å²) in [6.45, 7) is -1.96. The molecule has 0 heterocycles. The number of alkyl halides is 6. The molecule has 0 aliphatic heterocycles. The molecule has 0 amide bonds.